The van der Waals surface area contributed by atoms with Crippen LogP contribution >= 0.6 is 11.3 Å². The van der Waals surface area contributed by atoms with Crippen molar-refractivity contribution in [2.24, 2.45) is 0 Å². The number of carbonyl (C=O) groups excluding carboxylic acids is 3. The summed E-state index contributed by atoms with van der Waals surface area (Å²) in [7, 11) is 1.59. The highest BCUT2D eigenvalue weighted by Crippen LogP contribution is 2.16. The van der Waals surface area contributed by atoms with E-state index in [1.807, 2.05) is 41.8 Å². The first-order valence-corrected chi connectivity index (χ1v) is 10.1. The lowest BCUT2D eigenvalue weighted by Gasteiger charge is -2.12. The number of hydrogen-bond donors (Lipinski definition) is 3. The molecule has 1 heterocycles. The van der Waals surface area contributed by atoms with Crippen molar-refractivity contribution >= 4 is 34.7 Å². The molecule has 8 heteroatoms. The van der Waals surface area contributed by atoms with Crippen LogP contribution in [0.2, 0.25) is 0 Å². The summed E-state index contributed by atoms with van der Waals surface area (Å²) in [5.74, 6) is -1.23. The van der Waals surface area contributed by atoms with Gasteiger partial charge >= 0.3 is 11.8 Å². The van der Waals surface area contributed by atoms with E-state index in [2.05, 4.69) is 16.0 Å². The molecule has 1 aromatic heterocycles. The number of methoxy groups -OCH3 is 1. The molecular formula is C22H21N3O4S. The van der Waals surface area contributed by atoms with Crippen molar-refractivity contribution in [1.82, 2.24) is 10.6 Å². The van der Waals surface area contributed by atoms with Crippen LogP contribution in [0.15, 0.2) is 66.0 Å². The molecule has 0 saturated carbocycles. The third-order valence-electron chi connectivity index (χ3n) is 4.24. The lowest BCUT2D eigenvalue weighted by Crippen LogP contribution is -2.35. The predicted octanol–water partition coefficient (Wildman–Crippen LogP) is 2.94. The molecule has 0 bridgehead atoms. The molecule has 3 N–H and O–H groups in total. The number of benzene rings is 2. The lowest BCUT2D eigenvalue weighted by atomic mass is 10.1. The number of hydrogen-bond acceptors (Lipinski definition) is 5. The van der Waals surface area contributed by atoms with Crippen molar-refractivity contribution < 1.29 is 19.1 Å². The molecule has 0 unspecified atom stereocenters. The molecule has 30 heavy (non-hydrogen) atoms. The van der Waals surface area contributed by atoms with Crippen LogP contribution in [0.25, 0.3) is 0 Å². The zero-order valence-corrected chi connectivity index (χ0v) is 17.1. The van der Waals surface area contributed by atoms with Crippen LogP contribution in [0.1, 0.15) is 20.8 Å². The quantitative estimate of drug-likeness (QED) is 0.509. The van der Waals surface area contributed by atoms with E-state index in [1.54, 1.807) is 31.4 Å². The van der Waals surface area contributed by atoms with Crippen molar-refractivity contribution in [2.45, 2.75) is 13.1 Å². The lowest BCUT2D eigenvalue weighted by molar-refractivity contribution is -0.136. The summed E-state index contributed by atoms with van der Waals surface area (Å²) in [5.41, 5.74) is 1.44. The van der Waals surface area contributed by atoms with Gasteiger partial charge in [-0.3, -0.25) is 14.4 Å². The van der Waals surface area contributed by atoms with Gasteiger partial charge in [0, 0.05) is 11.4 Å². The second-order valence-electron chi connectivity index (χ2n) is 6.29. The van der Waals surface area contributed by atoms with Crippen LogP contribution < -0.4 is 20.7 Å². The van der Waals surface area contributed by atoms with Crippen LogP contribution in [0, 0.1) is 0 Å². The molecule has 0 radical (unpaired) electrons. The third kappa shape index (κ3) is 5.68. The van der Waals surface area contributed by atoms with Gasteiger partial charge in [0.05, 0.1) is 24.9 Å². The summed E-state index contributed by atoms with van der Waals surface area (Å²) in [6.07, 6.45) is 0. The maximum atomic E-state index is 12.6. The molecule has 3 rings (SSSR count). The van der Waals surface area contributed by atoms with Gasteiger partial charge in [0.15, 0.2) is 0 Å². The molecule has 0 aliphatic rings. The minimum absolute atomic E-state index is 0.265. The average molecular weight is 423 g/mol. The van der Waals surface area contributed by atoms with E-state index in [4.69, 9.17) is 4.74 Å². The number of thiophene rings is 1. The first-order chi connectivity index (χ1) is 14.6. The van der Waals surface area contributed by atoms with E-state index in [-0.39, 0.29) is 23.7 Å². The van der Waals surface area contributed by atoms with E-state index in [1.165, 1.54) is 11.3 Å². The third-order valence-corrected chi connectivity index (χ3v) is 5.12. The Morgan fingerprint density at radius 2 is 1.63 bits per heavy atom. The Balaban J connectivity index is 1.59. The average Bonchev–Trinajstić information content (AvgIpc) is 3.30. The number of nitrogens with one attached hydrogen (secondary N) is 3. The van der Waals surface area contributed by atoms with Gasteiger partial charge < -0.3 is 20.7 Å². The molecule has 0 aliphatic heterocycles. The number of ether oxygens (including phenoxy) is 1. The van der Waals surface area contributed by atoms with Crippen LogP contribution in [0.3, 0.4) is 0 Å². The molecule has 0 fully saturated rings. The van der Waals surface area contributed by atoms with Crippen molar-refractivity contribution in [3.8, 4) is 5.75 Å². The fourth-order valence-electron chi connectivity index (χ4n) is 2.65. The fourth-order valence-corrected chi connectivity index (χ4v) is 3.30. The van der Waals surface area contributed by atoms with Crippen LogP contribution in [0.5, 0.6) is 5.75 Å². The van der Waals surface area contributed by atoms with Gasteiger partial charge in [0.1, 0.15) is 5.75 Å². The Hall–Kier alpha value is -3.65. The van der Waals surface area contributed by atoms with E-state index in [9.17, 15) is 14.4 Å². The molecule has 0 spiro atoms. The predicted molar refractivity (Wildman–Crippen MR) is 115 cm³/mol. The second-order valence-corrected chi connectivity index (χ2v) is 7.32. The van der Waals surface area contributed by atoms with Crippen LogP contribution in [0.4, 0.5) is 5.69 Å². The summed E-state index contributed by atoms with van der Waals surface area (Å²) >= 11 is 1.49. The maximum Gasteiger partial charge on any atom is 0.313 e. The van der Waals surface area contributed by atoms with Gasteiger partial charge in [0.2, 0.25) is 0 Å². The second kappa shape index (κ2) is 10.2. The SMILES string of the molecule is COc1ccc(CNC(=O)c2ccccc2NC(=O)C(=O)NCc2cccs2)cc1. The zero-order valence-electron chi connectivity index (χ0n) is 16.3. The monoisotopic (exact) mass is 423 g/mol. The van der Waals surface area contributed by atoms with Crippen LogP contribution in [-0.2, 0) is 22.7 Å². The van der Waals surface area contributed by atoms with E-state index >= 15 is 0 Å². The Labute approximate surface area is 178 Å². The van der Waals surface area contributed by atoms with Crippen molar-refractivity contribution in [3.05, 3.63) is 82.0 Å². The zero-order chi connectivity index (χ0) is 21.3. The molecule has 0 saturated heterocycles. The number of rotatable bonds is 7. The molecular weight excluding hydrogens is 402 g/mol. The Bertz CT molecular complexity index is 1020. The number of anilines is 1. The molecule has 3 amide bonds. The minimum Gasteiger partial charge on any atom is -0.497 e. The van der Waals surface area contributed by atoms with Crippen molar-refractivity contribution in [2.75, 3.05) is 12.4 Å². The van der Waals surface area contributed by atoms with Crippen molar-refractivity contribution in [1.29, 1.82) is 0 Å². The van der Waals surface area contributed by atoms with Gasteiger partial charge in [-0.1, -0.05) is 30.3 Å². The maximum absolute atomic E-state index is 12.6. The summed E-state index contributed by atoms with van der Waals surface area (Å²) < 4.78 is 5.11. The molecule has 0 atom stereocenters. The Morgan fingerprint density at radius 1 is 0.867 bits per heavy atom. The molecule has 0 aliphatic carbocycles. The summed E-state index contributed by atoms with van der Waals surface area (Å²) in [6.45, 7) is 0.584. The molecule has 154 valence electrons. The van der Waals surface area contributed by atoms with E-state index in [0.717, 1.165) is 16.2 Å². The van der Waals surface area contributed by atoms with Gasteiger partial charge in [0.25, 0.3) is 5.91 Å². The number of para-hydroxylation sites is 1. The molecule has 3 aromatic rings. The van der Waals surface area contributed by atoms with E-state index in [0.29, 0.717) is 6.54 Å². The normalized spacial score (nSPS) is 10.2. The van der Waals surface area contributed by atoms with Crippen molar-refractivity contribution in [3.63, 3.8) is 0 Å². The summed E-state index contributed by atoms with van der Waals surface area (Å²) in [5, 5.41) is 9.77. The highest BCUT2D eigenvalue weighted by molar-refractivity contribution is 7.09. The number of amides is 3. The smallest absolute Gasteiger partial charge is 0.313 e. The van der Waals surface area contributed by atoms with Gasteiger partial charge in [-0.15, -0.1) is 11.3 Å². The Morgan fingerprint density at radius 3 is 2.33 bits per heavy atom. The highest BCUT2D eigenvalue weighted by atomic mass is 32.1. The largest absolute Gasteiger partial charge is 0.497 e. The van der Waals surface area contributed by atoms with Crippen LogP contribution in [-0.4, -0.2) is 24.8 Å². The fraction of sp³-hybridized carbons (Fsp3) is 0.136. The first-order valence-electron chi connectivity index (χ1n) is 9.18. The topological polar surface area (TPSA) is 96.5 Å². The van der Waals surface area contributed by atoms with Gasteiger partial charge in [-0.05, 0) is 41.3 Å². The van der Waals surface area contributed by atoms with Gasteiger partial charge in [-0.25, -0.2) is 0 Å². The standard InChI is InChI=1S/C22H21N3O4S/c1-29-16-10-8-15(9-11-16)13-23-20(26)18-6-2-3-7-19(18)25-22(28)21(27)24-14-17-5-4-12-30-17/h2-12H,13-14H2,1H3,(H,23,26)(H,24,27)(H,25,28). The molecule has 7 nitrogen and oxygen atoms in total. The highest BCUT2D eigenvalue weighted by Gasteiger charge is 2.17. The minimum atomic E-state index is -0.832. The van der Waals surface area contributed by atoms with Gasteiger partial charge in [-0.2, -0.15) is 0 Å². The summed E-state index contributed by atoms with van der Waals surface area (Å²) in [4.78, 5) is 37.8. The first kappa shape index (κ1) is 21.1. The number of carbonyl (C=O) groups is 3. The molecule has 2 aromatic carbocycles. The Kier molecular flexibility index (Phi) is 7.18. The summed E-state index contributed by atoms with van der Waals surface area (Å²) in [6, 6.07) is 17.6. The van der Waals surface area contributed by atoms with E-state index < -0.39 is 11.8 Å².